The molecular weight excluding hydrogens is 473 g/mol. The third-order valence-electron chi connectivity index (χ3n) is 3.60. The first-order chi connectivity index (χ1) is 13.2. The van der Waals surface area contributed by atoms with Gasteiger partial charge in [-0.05, 0) is 44.9 Å². The van der Waals surface area contributed by atoms with Gasteiger partial charge in [-0.3, -0.25) is 4.99 Å². The summed E-state index contributed by atoms with van der Waals surface area (Å²) in [5.74, 6) is 2.38. The van der Waals surface area contributed by atoms with Gasteiger partial charge in [-0.2, -0.15) is 0 Å². The molecular formula is C20H36IN3O4. The van der Waals surface area contributed by atoms with Crippen molar-refractivity contribution in [1.29, 1.82) is 0 Å². The molecule has 2 N–H and O–H groups in total. The van der Waals surface area contributed by atoms with Crippen LogP contribution in [-0.2, 0) is 15.9 Å². The van der Waals surface area contributed by atoms with E-state index in [0.717, 1.165) is 37.0 Å². The largest absolute Gasteiger partial charge is 0.490 e. The predicted molar refractivity (Wildman–Crippen MR) is 125 cm³/mol. The average molecular weight is 509 g/mol. The number of nitrogens with zero attached hydrogens (tertiary/aromatic N) is 1. The van der Waals surface area contributed by atoms with Gasteiger partial charge in [0, 0.05) is 20.2 Å². The fraction of sp³-hybridized carbons (Fsp3) is 0.650. The number of hydrogen-bond acceptors (Lipinski definition) is 5. The number of rotatable bonds is 14. The first-order valence-corrected chi connectivity index (χ1v) is 9.72. The van der Waals surface area contributed by atoms with Crippen LogP contribution in [0.15, 0.2) is 23.2 Å². The van der Waals surface area contributed by atoms with E-state index in [1.165, 1.54) is 5.56 Å². The first kappa shape index (κ1) is 26.7. The summed E-state index contributed by atoms with van der Waals surface area (Å²) in [4.78, 5) is 4.51. The quantitative estimate of drug-likeness (QED) is 0.174. The minimum absolute atomic E-state index is 0. The second kappa shape index (κ2) is 17.8. The molecule has 0 heterocycles. The molecule has 0 fully saturated rings. The van der Waals surface area contributed by atoms with E-state index in [1.807, 2.05) is 32.9 Å². The third-order valence-corrected chi connectivity index (χ3v) is 3.60. The number of ether oxygens (including phenoxy) is 4. The SMILES string of the molecule is CCNC(=NCCOCCOC)NCCc1ccc(OCC)c(OCC)c1.I. The van der Waals surface area contributed by atoms with Gasteiger partial charge in [-0.15, -0.1) is 24.0 Å². The Morgan fingerprint density at radius 2 is 1.71 bits per heavy atom. The van der Waals surface area contributed by atoms with Crippen molar-refractivity contribution in [2.75, 3.05) is 59.8 Å². The van der Waals surface area contributed by atoms with Crippen molar-refractivity contribution in [2.45, 2.75) is 27.2 Å². The molecule has 1 aromatic carbocycles. The van der Waals surface area contributed by atoms with E-state index in [0.29, 0.717) is 39.6 Å². The second-order valence-electron chi connectivity index (χ2n) is 5.69. The minimum Gasteiger partial charge on any atom is -0.490 e. The molecule has 1 rings (SSSR count). The summed E-state index contributed by atoms with van der Waals surface area (Å²) in [5, 5.41) is 6.59. The van der Waals surface area contributed by atoms with E-state index >= 15 is 0 Å². The Bertz CT molecular complexity index is 544. The van der Waals surface area contributed by atoms with Crippen molar-refractivity contribution in [3.63, 3.8) is 0 Å². The molecule has 1 aromatic rings. The Balaban J connectivity index is 0.00000729. The van der Waals surface area contributed by atoms with Gasteiger partial charge in [0.25, 0.3) is 0 Å². The van der Waals surface area contributed by atoms with Gasteiger partial charge >= 0.3 is 0 Å². The maximum Gasteiger partial charge on any atom is 0.191 e. The van der Waals surface area contributed by atoms with Crippen LogP contribution >= 0.6 is 24.0 Å². The smallest absolute Gasteiger partial charge is 0.191 e. The fourth-order valence-corrected chi connectivity index (χ4v) is 2.38. The van der Waals surface area contributed by atoms with Gasteiger partial charge < -0.3 is 29.6 Å². The molecule has 0 radical (unpaired) electrons. The highest BCUT2D eigenvalue weighted by Gasteiger charge is 2.06. The number of guanidine groups is 1. The Hall–Kier alpha value is -1.26. The molecule has 0 aromatic heterocycles. The van der Waals surface area contributed by atoms with Crippen LogP contribution in [-0.4, -0.2) is 65.7 Å². The van der Waals surface area contributed by atoms with Gasteiger partial charge in [0.15, 0.2) is 17.5 Å². The zero-order valence-corrected chi connectivity index (χ0v) is 19.9. The molecule has 0 saturated carbocycles. The lowest BCUT2D eigenvalue weighted by Crippen LogP contribution is -2.38. The normalized spacial score (nSPS) is 10.9. The summed E-state index contributed by atoms with van der Waals surface area (Å²) in [7, 11) is 1.66. The van der Waals surface area contributed by atoms with Gasteiger partial charge in [0.1, 0.15) is 0 Å². The van der Waals surface area contributed by atoms with Crippen LogP contribution in [0, 0.1) is 0 Å². The summed E-state index contributed by atoms with van der Waals surface area (Å²) in [6, 6.07) is 6.09. The highest BCUT2D eigenvalue weighted by Crippen LogP contribution is 2.28. The number of hydrogen-bond donors (Lipinski definition) is 2. The predicted octanol–water partition coefficient (Wildman–Crippen LogP) is 2.86. The summed E-state index contributed by atoms with van der Waals surface area (Å²) < 4.78 is 21.7. The average Bonchev–Trinajstić information content (AvgIpc) is 2.67. The molecule has 0 aliphatic heterocycles. The highest BCUT2D eigenvalue weighted by molar-refractivity contribution is 14.0. The molecule has 0 aliphatic carbocycles. The van der Waals surface area contributed by atoms with Crippen molar-refractivity contribution in [1.82, 2.24) is 10.6 Å². The van der Waals surface area contributed by atoms with Crippen LogP contribution in [0.5, 0.6) is 11.5 Å². The number of halogens is 1. The Kier molecular flexibility index (Phi) is 17.0. The fourth-order valence-electron chi connectivity index (χ4n) is 2.38. The molecule has 0 atom stereocenters. The molecule has 0 amide bonds. The van der Waals surface area contributed by atoms with E-state index in [9.17, 15) is 0 Å². The Morgan fingerprint density at radius 3 is 2.39 bits per heavy atom. The maximum atomic E-state index is 5.69. The van der Waals surface area contributed by atoms with Crippen LogP contribution in [0.4, 0.5) is 0 Å². The second-order valence-corrected chi connectivity index (χ2v) is 5.69. The summed E-state index contributed by atoms with van der Waals surface area (Å²) in [5.41, 5.74) is 1.19. The van der Waals surface area contributed by atoms with Gasteiger partial charge in [0.05, 0.1) is 39.6 Å². The van der Waals surface area contributed by atoms with Crippen molar-refractivity contribution < 1.29 is 18.9 Å². The van der Waals surface area contributed by atoms with Gasteiger partial charge in [-0.25, -0.2) is 0 Å². The zero-order valence-electron chi connectivity index (χ0n) is 17.6. The summed E-state index contributed by atoms with van der Waals surface area (Å²) in [6.07, 6.45) is 0.862. The van der Waals surface area contributed by atoms with Gasteiger partial charge in [0.2, 0.25) is 0 Å². The number of methoxy groups -OCH3 is 1. The van der Waals surface area contributed by atoms with E-state index in [2.05, 4.69) is 21.7 Å². The third kappa shape index (κ3) is 11.6. The first-order valence-electron chi connectivity index (χ1n) is 9.72. The van der Waals surface area contributed by atoms with Crippen LogP contribution < -0.4 is 20.1 Å². The van der Waals surface area contributed by atoms with Gasteiger partial charge in [-0.1, -0.05) is 6.07 Å². The lowest BCUT2D eigenvalue weighted by atomic mass is 10.1. The van der Waals surface area contributed by atoms with Crippen molar-refractivity contribution in [3.8, 4) is 11.5 Å². The molecule has 8 heteroatoms. The van der Waals surface area contributed by atoms with E-state index in [4.69, 9.17) is 18.9 Å². The Labute approximate surface area is 186 Å². The highest BCUT2D eigenvalue weighted by atomic mass is 127. The van der Waals surface area contributed by atoms with Crippen LogP contribution in [0.1, 0.15) is 26.3 Å². The Morgan fingerprint density at radius 1 is 0.964 bits per heavy atom. The number of benzene rings is 1. The maximum absolute atomic E-state index is 5.69. The van der Waals surface area contributed by atoms with E-state index in [-0.39, 0.29) is 24.0 Å². The monoisotopic (exact) mass is 509 g/mol. The molecule has 162 valence electrons. The van der Waals surface area contributed by atoms with Crippen LogP contribution in [0.3, 0.4) is 0 Å². The van der Waals surface area contributed by atoms with Crippen molar-refractivity contribution in [3.05, 3.63) is 23.8 Å². The van der Waals surface area contributed by atoms with Crippen molar-refractivity contribution in [2.24, 2.45) is 4.99 Å². The van der Waals surface area contributed by atoms with Crippen molar-refractivity contribution >= 4 is 29.9 Å². The topological polar surface area (TPSA) is 73.3 Å². The summed E-state index contributed by atoms with van der Waals surface area (Å²) in [6.45, 7) is 11.2. The lowest BCUT2D eigenvalue weighted by molar-refractivity contribution is 0.0748. The molecule has 28 heavy (non-hydrogen) atoms. The standard InChI is InChI=1S/C20H35N3O4.HI/c1-5-21-20(23-12-13-25-15-14-24-4)22-11-10-17-8-9-18(26-6-2)19(16-17)27-7-3;/h8-9,16H,5-7,10-15H2,1-4H3,(H2,21,22,23);1H. The number of nitrogens with one attached hydrogen (secondary N) is 2. The molecule has 0 bridgehead atoms. The molecule has 0 spiro atoms. The number of aliphatic imine (C=N–C) groups is 1. The lowest BCUT2D eigenvalue weighted by Gasteiger charge is -2.14. The molecule has 0 saturated heterocycles. The summed E-state index contributed by atoms with van der Waals surface area (Å²) >= 11 is 0. The minimum atomic E-state index is 0. The molecule has 0 aliphatic rings. The van der Waals surface area contributed by atoms with E-state index < -0.39 is 0 Å². The molecule has 7 nitrogen and oxygen atoms in total. The van der Waals surface area contributed by atoms with Crippen LogP contribution in [0.2, 0.25) is 0 Å². The molecule has 0 unspecified atom stereocenters. The van der Waals surface area contributed by atoms with E-state index in [1.54, 1.807) is 7.11 Å². The van der Waals surface area contributed by atoms with Crippen LogP contribution in [0.25, 0.3) is 0 Å². The zero-order chi connectivity index (χ0) is 19.7.